The van der Waals surface area contributed by atoms with Crippen molar-refractivity contribution in [3.05, 3.63) is 187 Å². The van der Waals surface area contributed by atoms with E-state index in [0.717, 1.165) is 74.3 Å². The molecule has 0 fully saturated rings. The Kier molecular flexibility index (Phi) is 7.22. The van der Waals surface area contributed by atoms with Gasteiger partial charge in [0, 0.05) is 58.5 Å². The van der Waals surface area contributed by atoms with Crippen molar-refractivity contribution in [3.8, 4) is 16.8 Å². The third kappa shape index (κ3) is 5.14. The molecule has 0 radical (unpaired) electrons. The van der Waals surface area contributed by atoms with E-state index in [-0.39, 0.29) is 6.17 Å². The zero-order valence-electron chi connectivity index (χ0n) is 30.8. The second-order valence-electron chi connectivity index (χ2n) is 14.8. The first-order valence-corrected chi connectivity index (χ1v) is 20.3. The highest BCUT2D eigenvalue weighted by Crippen LogP contribution is 2.43. The summed E-state index contributed by atoms with van der Waals surface area (Å²) in [6.07, 6.45) is 8.35. The summed E-state index contributed by atoms with van der Waals surface area (Å²) in [5, 5.41) is 10.9. The van der Waals surface area contributed by atoms with Crippen LogP contribution in [0.5, 0.6) is 0 Å². The lowest BCUT2D eigenvalue weighted by Gasteiger charge is -2.24. The van der Waals surface area contributed by atoms with Crippen molar-refractivity contribution in [2.24, 2.45) is 9.98 Å². The average molecular weight is 751 g/mol. The van der Waals surface area contributed by atoms with Gasteiger partial charge < -0.3 is 14.3 Å². The van der Waals surface area contributed by atoms with Crippen molar-refractivity contribution in [2.75, 3.05) is 0 Å². The third-order valence-corrected chi connectivity index (χ3v) is 12.6. The maximum Gasteiger partial charge on any atom is 0.159 e. The van der Waals surface area contributed by atoms with Gasteiger partial charge in [-0.15, -0.1) is 11.3 Å². The molecule has 1 atom stereocenters. The number of amidine groups is 2. The Labute approximate surface area is 332 Å². The molecular formula is C51H34N4OS. The highest BCUT2D eigenvalue weighted by atomic mass is 32.1. The fourth-order valence-corrected chi connectivity index (χ4v) is 10.1. The number of thiophene rings is 1. The monoisotopic (exact) mass is 750 g/mol. The Morgan fingerprint density at radius 1 is 0.614 bits per heavy atom. The summed E-state index contributed by atoms with van der Waals surface area (Å²) in [5.41, 5.74) is 10.7. The first kappa shape index (κ1) is 32.2. The number of hydrogen-bond donors (Lipinski definition) is 1. The Morgan fingerprint density at radius 2 is 1.30 bits per heavy atom. The van der Waals surface area contributed by atoms with Crippen LogP contribution in [0.4, 0.5) is 0 Å². The van der Waals surface area contributed by atoms with Gasteiger partial charge in [-0.2, -0.15) is 0 Å². The lowest BCUT2D eigenvalue weighted by atomic mass is 9.96. The minimum absolute atomic E-state index is 0.274. The lowest BCUT2D eigenvalue weighted by molar-refractivity contribution is 0.667. The molecule has 4 heterocycles. The molecule has 7 aromatic carbocycles. The molecule has 1 unspecified atom stereocenters. The summed E-state index contributed by atoms with van der Waals surface area (Å²) < 4.78 is 11.5. The van der Waals surface area contributed by atoms with Crippen LogP contribution in [-0.4, -0.2) is 16.2 Å². The van der Waals surface area contributed by atoms with Gasteiger partial charge in [-0.1, -0.05) is 127 Å². The van der Waals surface area contributed by atoms with Crippen LogP contribution < -0.4 is 5.32 Å². The molecule has 12 rings (SSSR count). The van der Waals surface area contributed by atoms with Gasteiger partial charge in [0.15, 0.2) is 5.84 Å². The number of nitrogens with one attached hydrogen (secondary N) is 1. The number of para-hydroxylation sites is 2. The first-order chi connectivity index (χ1) is 28.2. The number of fused-ring (bicyclic) bond motifs is 9. The molecule has 1 aliphatic heterocycles. The molecule has 1 aliphatic carbocycles. The summed E-state index contributed by atoms with van der Waals surface area (Å²) in [7, 11) is 0. The largest absolute Gasteiger partial charge is 0.456 e. The number of aromatic nitrogens is 1. The van der Waals surface area contributed by atoms with Gasteiger partial charge in [-0.25, -0.2) is 9.98 Å². The fraction of sp³-hybridized carbons (Fsp3) is 0.0588. The smallest absolute Gasteiger partial charge is 0.159 e. The van der Waals surface area contributed by atoms with E-state index in [1.807, 2.05) is 17.4 Å². The summed E-state index contributed by atoms with van der Waals surface area (Å²) >= 11 is 1.85. The van der Waals surface area contributed by atoms with Gasteiger partial charge in [-0.05, 0) is 72.0 Å². The van der Waals surface area contributed by atoms with E-state index in [4.69, 9.17) is 14.4 Å². The van der Waals surface area contributed by atoms with Crippen molar-refractivity contribution < 1.29 is 4.42 Å². The Morgan fingerprint density at radius 3 is 2.05 bits per heavy atom. The minimum Gasteiger partial charge on any atom is -0.456 e. The predicted molar refractivity (Wildman–Crippen MR) is 239 cm³/mol. The zero-order valence-corrected chi connectivity index (χ0v) is 31.6. The summed E-state index contributed by atoms with van der Waals surface area (Å²) in [6, 6.07) is 54.3. The van der Waals surface area contributed by atoms with Crippen LogP contribution in [0.25, 0.3) is 80.7 Å². The highest BCUT2D eigenvalue weighted by molar-refractivity contribution is 7.25. The maximum absolute atomic E-state index is 6.61. The maximum atomic E-state index is 6.61. The number of rotatable bonds is 5. The molecule has 2 aliphatic rings. The first-order valence-electron chi connectivity index (χ1n) is 19.5. The van der Waals surface area contributed by atoms with Crippen molar-refractivity contribution in [3.63, 3.8) is 0 Å². The molecule has 0 saturated heterocycles. The van der Waals surface area contributed by atoms with E-state index in [1.54, 1.807) is 0 Å². The second-order valence-corrected chi connectivity index (χ2v) is 15.9. The molecule has 0 saturated carbocycles. The number of benzene rings is 7. The van der Waals surface area contributed by atoms with Gasteiger partial charge in [-0.3, -0.25) is 0 Å². The van der Waals surface area contributed by atoms with Gasteiger partial charge in [0.05, 0.1) is 11.0 Å². The number of nitrogens with zero attached hydrogens (tertiary/aromatic N) is 3. The van der Waals surface area contributed by atoms with E-state index in [9.17, 15) is 0 Å². The number of hydrogen-bond acceptors (Lipinski definition) is 5. The van der Waals surface area contributed by atoms with Gasteiger partial charge in [0.2, 0.25) is 0 Å². The number of allylic oxidation sites excluding steroid dienone is 2. The normalized spacial score (nSPS) is 15.8. The van der Waals surface area contributed by atoms with E-state index in [0.29, 0.717) is 0 Å². The Balaban J connectivity index is 1.000. The van der Waals surface area contributed by atoms with Crippen LogP contribution in [0.15, 0.2) is 190 Å². The molecule has 0 bridgehead atoms. The molecular weight excluding hydrogens is 717 g/mol. The van der Waals surface area contributed by atoms with E-state index < -0.39 is 0 Å². The van der Waals surface area contributed by atoms with E-state index >= 15 is 0 Å². The summed E-state index contributed by atoms with van der Waals surface area (Å²) in [6.45, 7) is 0. The Bertz CT molecular complexity index is 3340. The lowest BCUT2D eigenvalue weighted by Crippen LogP contribution is -2.33. The second kappa shape index (κ2) is 12.8. The summed E-state index contributed by atoms with van der Waals surface area (Å²) in [4.78, 5) is 10.3. The topological polar surface area (TPSA) is 54.8 Å². The third-order valence-electron chi connectivity index (χ3n) is 11.5. The molecule has 6 heteroatoms. The van der Waals surface area contributed by atoms with Crippen LogP contribution in [0.1, 0.15) is 30.1 Å². The van der Waals surface area contributed by atoms with Gasteiger partial charge in [0.1, 0.15) is 23.2 Å². The molecule has 270 valence electrons. The summed E-state index contributed by atoms with van der Waals surface area (Å²) in [5.74, 6) is 1.53. The minimum atomic E-state index is -0.274. The Hall–Kier alpha value is -7.02. The van der Waals surface area contributed by atoms with Crippen molar-refractivity contribution in [1.82, 2.24) is 9.88 Å². The molecule has 0 spiro atoms. The highest BCUT2D eigenvalue weighted by Gasteiger charge is 2.25. The fourth-order valence-electron chi connectivity index (χ4n) is 8.88. The average Bonchev–Trinajstić information content (AvgIpc) is 3.96. The molecule has 57 heavy (non-hydrogen) atoms. The van der Waals surface area contributed by atoms with E-state index in [1.165, 1.54) is 47.7 Å². The number of furan rings is 1. The van der Waals surface area contributed by atoms with Crippen LogP contribution in [0, 0.1) is 0 Å². The number of aliphatic imine (C=N–C) groups is 2. The van der Waals surface area contributed by atoms with Gasteiger partial charge in [0.25, 0.3) is 0 Å². The molecule has 0 amide bonds. The quantitative estimate of drug-likeness (QED) is 0.190. The predicted octanol–water partition coefficient (Wildman–Crippen LogP) is 13.4. The zero-order chi connectivity index (χ0) is 37.5. The van der Waals surface area contributed by atoms with Crippen molar-refractivity contribution in [2.45, 2.75) is 19.0 Å². The molecule has 3 aromatic heterocycles. The standard InChI is InChI=1S/C51H34N4OS/c1-3-13-31(14-4-1)49-52-50(32-15-5-2-6-16-32)54-51(53-49)40-20-12-24-44-48(40)47-35(19-11-23-43(47)56-44)33-25-27-38-39-28-26-34(30-46(39)57-45(38)29-33)55-41-21-9-7-17-36(41)37-18-8-10-22-42(37)55/h1,3-5,7-30,49H,2,6H2,(H,52,53,54). The van der Waals surface area contributed by atoms with Gasteiger partial charge >= 0.3 is 0 Å². The van der Waals surface area contributed by atoms with Crippen molar-refractivity contribution >= 4 is 86.9 Å². The van der Waals surface area contributed by atoms with Crippen LogP contribution in [0.2, 0.25) is 0 Å². The van der Waals surface area contributed by atoms with Crippen molar-refractivity contribution in [1.29, 1.82) is 0 Å². The molecule has 1 N–H and O–H groups in total. The van der Waals surface area contributed by atoms with Crippen LogP contribution in [0.3, 0.4) is 0 Å². The van der Waals surface area contributed by atoms with E-state index in [2.05, 4.69) is 174 Å². The molecule has 10 aromatic rings. The van der Waals surface area contributed by atoms with Crippen LogP contribution >= 0.6 is 11.3 Å². The van der Waals surface area contributed by atoms with Crippen LogP contribution in [-0.2, 0) is 0 Å². The molecule has 5 nitrogen and oxygen atoms in total. The SMILES string of the molecule is C1=CC(C2=NC(c3ccccc3)NC(c3cccc4oc5cccc(-c6ccc7c(c6)sc6cc(-n8c9ccccc9c9ccccc98)ccc67)c5c34)=N2)=CCC1.